The van der Waals surface area contributed by atoms with Gasteiger partial charge in [-0.15, -0.1) is 5.10 Å². The molecule has 0 bridgehead atoms. The van der Waals surface area contributed by atoms with Crippen LogP contribution in [0.1, 0.15) is 0 Å². The van der Waals surface area contributed by atoms with E-state index in [-0.39, 0.29) is 0 Å². The van der Waals surface area contributed by atoms with E-state index in [4.69, 9.17) is 0 Å². The van der Waals surface area contributed by atoms with Gasteiger partial charge in [0.2, 0.25) is 5.95 Å². The number of nitrogens with one attached hydrogen (secondary N) is 2. The van der Waals surface area contributed by atoms with Crippen molar-refractivity contribution < 1.29 is 0 Å². The summed E-state index contributed by atoms with van der Waals surface area (Å²) in [5.74, 6) is 1.30. The zero-order valence-electron chi connectivity index (χ0n) is 12.1. The lowest BCUT2D eigenvalue weighted by molar-refractivity contribution is 0.909. The maximum Gasteiger partial charge on any atom is 0.242 e. The number of rotatable bonds is 3. The summed E-state index contributed by atoms with van der Waals surface area (Å²) >= 11 is 0. The first kappa shape index (κ1) is 12.6. The van der Waals surface area contributed by atoms with Crippen molar-refractivity contribution in [3.63, 3.8) is 0 Å². The highest BCUT2D eigenvalue weighted by Crippen LogP contribution is 2.28. The monoisotopic (exact) mass is 294 g/mol. The second-order valence-corrected chi connectivity index (χ2v) is 4.76. The number of fused-ring (bicyclic) bond motifs is 2. The van der Waals surface area contributed by atoms with Crippen LogP contribution >= 0.6 is 0 Å². The Morgan fingerprint density at radius 2 is 1.86 bits per heavy atom. The van der Waals surface area contributed by atoms with Crippen LogP contribution in [-0.2, 0) is 0 Å². The summed E-state index contributed by atoms with van der Waals surface area (Å²) in [6.07, 6.45) is 5.45. The van der Waals surface area contributed by atoms with Gasteiger partial charge in [-0.05, 0) is 18.2 Å². The molecular weight excluding hydrogens is 280 g/mol. The molecule has 110 valence electrons. The first-order valence-corrected chi connectivity index (χ1v) is 6.86. The van der Waals surface area contributed by atoms with E-state index in [1.807, 2.05) is 37.6 Å². The van der Waals surface area contributed by atoms with E-state index >= 15 is 0 Å². The molecule has 0 aromatic carbocycles. The maximum atomic E-state index is 4.59. The smallest absolute Gasteiger partial charge is 0.242 e. The van der Waals surface area contributed by atoms with Gasteiger partial charge >= 0.3 is 0 Å². The fraction of sp³-hybridized carbons (Fsp3) is 0.143. The lowest BCUT2D eigenvalue weighted by atomic mass is 10.2. The summed E-state index contributed by atoms with van der Waals surface area (Å²) in [6.45, 7) is 0. The number of imidazole rings is 1. The Hall–Kier alpha value is -3.16. The zero-order chi connectivity index (χ0) is 15.1. The van der Waals surface area contributed by atoms with Crippen LogP contribution in [0.3, 0.4) is 0 Å². The van der Waals surface area contributed by atoms with E-state index in [0.29, 0.717) is 5.95 Å². The lowest BCUT2D eigenvalue weighted by Gasteiger charge is -2.08. The Kier molecular flexibility index (Phi) is 2.68. The van der Waals surface area contributed by atoms with Gasteiger partial charge in [0.1, 0.15) is 5.52 Å². The fourth-order valence-corrected chi connectivity index (χ4v) is 2.47. The van der Waals surface area contributed by atoms with Gasteiger partial charge in [0.15, 0.2) is 11.5 Å². The highest BCUT2D eigenvalue weighted by atomic mass is 15.3. The van der Waals surface area contributed by atoms with Crippen molar-refractivity contribution in [2.24, 2.45) is 0 Å². The fourth-order valence-electron chi connectivity index (χ4n) is 2.47. The Morgan fingerprint density at radius 1 is 0.955 bits per heavy atom. The molecule has 0 saturated carbocycles. The molecule has 0 radical (unpaired) electrons. The van der Waals surface area contributed by atoms with Gasteiger partial charge in [-0.25, -0.2) is 14.0 Å². The van der Waals surface area contributed by atoms with Crippen LogP contribution in [0.5, 0.6) is 0 Å². The van der Waals surface area contributed by atoms with Crippen molar-refractivity contribution >= 4 is 22.9 Å². The molecule has 0 aliphatic carbocycles. The van der Waals surface area contributed by atoms with Crippen LogP contribution in [0.15, 0.2) is 36.8 Å². The molecule has 8 nitrogen and oxygen atoms in total. The number of aromatic nitrogens is 6. The third kappa shape index (κ3) is 1.77. The number of hydrogen-bond acceptors (Lipinski definition) is 6. The molecule has 4 aromatic rings. The molecule has 0 spiro atoms. The molecule has 4 rings (SSSR count). The van der Waals surface area contributed by atoms with Crippen molar-refractivity contribution in [3.8, 4) is 11.3 Å². The second kappa shape index (κ2) is 4.69. The molecule has 0 amide bonds. The van der Waals surface area contributed by atoms with Gasteiger partial charge in [-0.3, -0.25) is 0 Å². The Balaban J connectivity index is 1.98. The third-order valence-corrected chi connectivity index (χ3v) is 3.50. The molecule has 8 heteroatoms. The summed E-state index contributed by atoms with van der Waals surface area (Å²) in [5.41, 5.74) is 3.50. The van der Waals surface area contributed by atoms with Crippen LogP contribution in [0.4, 0.5) is 11.8 Å². The quantitative estimate of drug-likeness (QED) is 0.596. The minimum atomic E-state index is 0.553. The third-order valence-electron chi connectivity index (χ3n) is 3.50. The highest BCUT2D eigenvalue weighted by molar-refractivity contribution is 5.87. The zero-order valence-corrected chi connectivity index (χ0v) is 12.1. The molecule has 0 aliphatic heterocycles. The summed E-state index contributed by atoms with van der Waals surface area (Å²) in [7, 11) is 3.63. The normalized spacial score (nSPS) is 11.2. The molecule has 4 aromatic heterocycles. The maximum absolute atomic E-state index is 4.59. The largest absolute Gasteiger partial charge is 0.371 e. The molecule has 22 heavy (non-hydrogen) atoms. The molecule has 4 heterocycles. The first-order chi connectivity index (χ1) is 10.8. The predicted octanol–water partition coefficient (Wildman–Crippen LogP) is 1.52. The average molecular weight is 294 g/mol. The van der Waals surface area contributed by atoms with E-state index in [1.165, 1.54) is 0 Å². The number of anilines is 2. The van der Waals surface area contributed by atoms with E-state index < -0.39 is 0 Å². The minimum absolute atomic E-state index is 0.553. The van der Waals surface area contributed by atoms with Gasteiger partial charge < -0.3 is 10.6 Å². The van der Waals surface area contributed by atoms with E-state index in [1.54, 1.807) is 22.3 Å². The molecule has 0 fully saturated rings. The summed E-state index contributed by atoms with van der Waals surface area (Å²) in [5, 5.41) is 15.1. The first-order valence-electron chi connectivity index (χ1n) is 6.86. The molecule has 0 atom stereocenters. The molecule has 0 aliphatic rings. The summed E-state index contributed by atoms with van der Waals surface area (Å²) < 4.78 is 3.54. The van der Waals surface area contributed by atoms with Crippen molar-refractivity contribution in [1.82, 2.24) is 29.2 Å². The van der Waals surface area contributed by atoms with E-state index in [9.17, 15) is 0 Å². The van der Waals surface area contributed by atoms with Crippen LogP contribution in [0.2, 0.25) is 0 Å². The van der Waals surface area contributed by atoms with Crippen molar-refractivity contribution in [2.45, 2.75) is 0 Å². The standard InChI is InChI=1S/C14H14N8/c1-15-13-12-9(5-7-22(12)20-14(16-2)18-13)10-3-4-11-17-6-8-21(11)19-10/h3-8H,1-2H3,(H2,15,16,18,20). The van der Waals surface area contributed by atoms with Gasteiger partial charge in [0, 0.05) is 38.2 Å². The average Bonchev–Trinajstić information content (AvgIpc) is 3.19. The summed E-state index contributed by atoms with van der Waals surface area (Å²) in [6, 6.07) is 5.87. The minimum Gasteiger partial charge on any atom is -0.371 e. The molecule has 2 N–H and O–H groups in total. The van der Waals surface area contributed by atoms with Gasteiger partial charge in [-0.2, -0.15) is 10.1 Å². The molecular formula is C14H14N8. The molecule has 0 saturated heterocycles. The van der Waals surface area contributed by atoms with Gasteiger partial charge in [0.05, 0.1) is 5.69 Å². The predicted molar refractivity (Wildman–Crippen MR) is 84.1 cm³/mol. The van der Waals surface area contributed by atoms with Gasteiger partial charge in [0.25, 0.3) is 0 Å². The van der Waals surface area contributed by atoms with Crippen molar-refractivity contribution in [1.29, 1.82) is 0 Å². The lowest BCUT2D eigenvalue weighted by Crippen LogP contribution is -2.06. The van der Waals surface area contributed by atoms with Crippen LogP contribution in [-0.4, -0.2) is 43.3 Å². The number of hydrogen-bond donors (Lipinski definition) is 2. The summed E-state index contributed by atoms with van der Waals surface area (Å²) in [4.78, 5) is 8.66. The van der Waals surface area contributed by atoms with Crippen molar-refractivity contribution in [3.05, 3.63) is 36.8 Å². The van der Waals surface area contributed by atoms with E-state index in [0.717, 1.165) is 28.2 Å². The topological polar surface area (TPSA) is 84.4 Å². The second-order valence-electron chi connectivity index (χ2n) is 4.76. The molecule has 0 unspecified atom stereocenters. The van der Waals surface area contributed by atoms with Crippen LogP contribution < -0.4 is 10.6 Å². The van der Waals surface area contributed by atoms with Gasteiger partial charge in [-0.1, -0.05) is 0 Å². The highest BCUT2D eigenvalue weighted by Gasteiger charge is 2.14. The SMILES string of the molecule is CNc1nc(NC)c2c(-c3ccc4nccn4n3)ccn2n1. The Labute approximate surface area is 125 Å². The Bertz CT molecular complexity index is 967. The number of nitrogens with zero attached hydrogens (tertiary/aromatic N) is 6. The van der Waals surface area contributed by atoms with Crippen LogP contribution in [0, 0.1) is 0 Å². The van der Waals surface area contributed by atoms with Crippen molar-refractivity contribution in [2.75, 3.05) is 24.7 Å². The van der Waals surface area contributed by atoms with E-state index in [2.05, 4.69) is 30.8 Å². The van der Waals surface area contributed by atoms with Crippen LogP contribution in [0.25, 0.3) is 22.4 Å². The Morgan fingerprint density at radius 3 is 2.68 bits per heavy atom.